The highest BCUT2D eigenvalue weighted by molar-refractivity contribution is 7.85. The first-order valence-electron chi connectivity index (χ1n) is 12.5. The molecule has 1 heterocycles. The highest BCUT2D eigenvalue weighted by atomic mass is 35.5. The fourth-order valence-corrected chi connectivity index (χ4v) is 6.47. The Balaban J connectivity index is 1.30. The molecule has 2 saturated carbocycles. The van der Waals surface area contributed by atoms with Gasteiger partial charge in [0.2, 0.25) is 0 Å². The molecule has 0 unspecified atom stereocenters. The van der Waals surface area contributed by atoms with E-state index in [9.17, 15) is 13.5 Å². The van der Waals surface area contributed by atoms with E-state index in [-0.39, 0.29) is 42.2 Å². The lowest BCUT2D eigenvalue weighted by Gasteiger charge is -2.37. The molecule has 2 aliphatic carbocycles. The molecule has 0 radical (unpaired) electrons. The van der Waals surface area contributed by atoms with E-state index in [1.54, 1.807) is 18.2 Å². The molecule has 0 saturated heterocycles. The predicted molar refractivity (Wildman–Crippen MR) is 141 cm³/mol. The summed E-state index contributed by atoms with van der Waals surface area (Å²) in [5.74, 6) is -0.265. The molecule has 0 bridgehead atoms. The molecular weight excluding hydrogens is 556 g/mol. The Labute approximate surface area is 230 Å². The minimum atomic E-state index is -4.30. The zero-order valence-corrected chi connectivity index (χ0v) is 23.0. The van der Waals surface area contributed by atoms with E-state index >= 15 is 4.39 Å². The van der Waals surface area contributed by atoms with Crippen LogP contribution in [0.3, 0.4) is 0 Å². The summed E-state index contributed by atoms with van der Waals surface area (Å²) in [4.78, 5) is 0. The Morgan fingerprint density at radius 1 is 1.13 bits per heavy atom. The summed E-state index contributed by atoms with van der Waals surface area (Å²) in [5, 5.41) is 16.5. The van der Waals surface area contributed by atoms with E-state index in [2.05, 4.69) is 5.16 Å². The smallest absolute Gasteiger partial charge is 0.269 e. The van der Waals surface area contributed by atoms with E-state index in [4.69, 9.17) is 37.0 Å². The van der Waals surface area contributed by atoms with Crippen LogP contribution in [0.15, 0.2) is 34.9 Å². The Morgan fingerprint density at radius 2 is 1.79 bits per heavy atom. The van der Waals surface area contributed by atoms with Crippen LogP contribution in [0.25, 0.3) is 11.3 Å². The largest absolute Gasteiger partial charge is 0.385 e. The summed E-state index contributed by atoms with van der Waals surface area (Å²) in [5.41, 5.74) is 0.959. The maximum absolute atomic E-state index is 15.2. The number of halogens is 3. The number of hydrogen-bond donors (Lipinski definition) is 2. The second-order valence-corrected chi connectivity index (χ2v) is 12.5. The Bertz CT molecular complexity index is 1440. The first-order chi connectivity index (χ1) is 18.0. The summed E-state index contributed by atoms with van der Waals surface area (Å²) >= 11 is 12.9. The first kappa shape index (κ1) is 27.6. The van der Waals surface area contributed by atoms with Crippen LogP contribution in [0, 0.1) is 12.7 Å². The van der Waals surface area contributed by atoms with Crippen molar-refractivity contribution in [2.75, 3.05) is 0 Å². The van der Waals surface area contributed by atoms with Crippen LogP contribution in [-0.4, -0.2) is 29.3 Å². The van der Waals surface area contributed by atoms with Crippen molar-refractivity contribution >= 4 is 33.3 Å². The number of hydrogen-bond acceptors (Lipinski definition) is 6. The van der Waals surface area contributed by atoms with Crippen molar-refractivity contribution in [2.24, 2.45) is 0 Å². The van der Waals surface area contributed by atoms with Gasteiger partial charge in [-0.25, -0.2) is 4.39 Å². The molecule has 0 amide bonds. The van der Waals surface area contributed by atoms with Crippen LogP contribution in [-0.2, 0) is 32.8 Å². The molecule has 2 fully saturated rings. The van der Waals surface area contributed by atoms with Gasteiger partial charge in [0.25, 0.3) is 10.1 Å². The summed E-state index contributed by atoms with van der Waals surface area (Å²) in [6.07, 6.45) is 3.39. The fourth-order valence-electron chi connectivity index (χ4n) is 5.19. The van der Waals surface area contributed by atoms with Crippen molar-refractivity contribution in [2.45, 2.75) is 75.4 Å². The van der Waals surface area contributed by atoms with Gasteiger partial charge >= 0.3 is 0 Å². The average molecular weight is 584 g/mol. The molecule has 7 nitrogen and oxygen atoms in total. The Kier molecular flexibility index (Phi) is 7.63. The molecule has 2 aromatic carbocycles. The van der Waals surface area contributed by atoms with Crippen molar-refractivity contribution in [1.29, 1.82) is 0 Å². The van der Waals surface area contributed by atoms with E-state index in [1.165, 1.54) is 19.1 Å². The van der Waals surface area contributed by atoms with Gasteiger partial charge in [-0.15, -0.1) is 0 Å². The summed E-state index contributed by atoms with van der Waals surface area (Å²) in [7, 11) is -4.30. The van der Waals surface area contributed by atoms with E-state index in [0.29, 0.717) is 40.1 Å². The lowest BCUT2D eigenvalue weighted by atomic mass is 9.77. The maximum atomic E-state index is 15.2. The highest BCUT2D eigenvalue weighted by Crippen LogP contribution is 2.47. The number of aliphatic hydroxyl groups is 1. The van der Waals surface area contributed by atoms with Gasteiger partial charge in [0.1, 0.15) is 23.0 Å². The maximum Gasteiger partial charge on any atom is 0.269 e. The van der Waals surface area contributed by atoms with Gasteiger partial charge in [0.05, 0.1) is 28.4 Å². The van der Waals surface area contributed by atoms with Crippen molar-refractivity contribution in [1.82, 2.24) is 5.16 Å². The SMILES string of the molecule is Cc1c(CS(=O)(=O)O)ccc(C2(O)CCC(OCc3c(-c4c(Cl)cccc4Cl)noc3C3CC3)CC2)c1F. The van der Waals surface area contributed by atoms with Gasteiger partial charge in [-0.3, -0.25) is 4.55 Å². The van der Waals surface area contributed by atoms with Gasteiger partial charge in [-0.1, -0.05) is 46.6 Å². The topological polar surface area (TPSA) is 110 Å². The van der Waals surface area contributed by atoms with Crippen LogP contribution in [0.5, 0.6) is 0 Å². The standard InChI is InChI=1S/C27H28Cl2FNO6S/c1-15-17(14-38(33,34)35)7-8-20(24(15)30)27(32)11-9-18(10-12-27)36-13-19-25(31-37-26(19)16-5-6-16)23-21(28)3-2-4-22(23)29/h2-4,7-8,16,18,32H,5-6,9-14H2,1H3,(H,33,34,35). The number of ether oxygens (including phenoxy) is 1. The molecule has 0 spiro atoms. The number of aromatic nitrogens is 1. The van der Waals surface area contributed by atoms with Crippen LogP contribution < -0.4 is 0 Å². The minimum Gasteiger partial charge on any atom is -0.385 e. The molecule has 0 aliphatic heterocycles. The normalized spacial score (nSPS) is 22.1. The average Bonchev–Trinajstić information content (AvgIpc) is 3.61. The monoisotopic (exact) mass is 583 g/mol. The molecule has 2 aliphatic rings. The lowest BCUT2D eigenvalue weighted by molar-refractivity contribution is -0.0657. The van der Waals surface area contributed by atoms with Crippen LogP contribution >= 0.6 is 23.2 Å². The van der Waals surface area contributed by atoms with E-state index in [1.807, 2.05) is 0 Å². The summed E-state index contributed by atoms with van der Waals surface area (Å²) in [6, 6.07) is 8.10. The Hall–Kier alpha value is -2.01. The van der Waals surface area contributed by atoms with Gasteiger partial charge < -0.3 is 14.4 Å². The molecule has 1 aromatic heterocycles. The minimum absolute atomic E-state index is 0.0951. The first-order valence-corrected chi connectivity index (χ1v) is 14.8. The lowest BCUT2D eigenvalue weighted by Crippen LogP contribution is -2.35. The van der Waals surface area contributed by atoms with Gasteiger partial charge in [-0.05, 0) is 68.7 Å². The second-order valence-electron chi connectivity index (χ2n) is 10.2. The third-order valence-electron chi connectivity index (χ3n) is 7.53. The third kappa shape index (κ3) is 5.64. The van der Waals surface area contributed by atoms with Crippen molar-refractivity contribution in [3.8, 4) is 11.3 Å². The molecule has 204 valence electrons. The zero-order chi connectivity index (χ0) is 27.2. The van der Waals surface area contributed by atoms with Crippen LogP contribution in [0.4, 0.5) is 4.39 Å². The molecule has 0 atom stereocenters. The van der Waals surface area contributed by atoms with Crippen LogP contribution in [0.1, 0.15) is 72.5 Å². The molecule has 11 heteroatoms. The molecule has 38 heavy (non-hydrogen) atoms. The predicted octanol–water partition coefficient (Wildman–Crippen LogP) is 6.71. The second kappa shape index (κ2) is 10.5. The van der Waals surface area contributed by atoms with Crippen LogP contribution in [0.2, 0.25) is 10.0 Å². The summed E-state index contributed by atoms with van der Waals surface area (Å²) in [6.45, 7) is 1.68. The third-order valence-corrected chi connectivity index (χ3v) is 8.83. The highest BCUT2D eigenvalue weighted by Gasteiger charge is 2.39. The quantitative estimate of drug-likeness (QED) is 0.283. The van der Waals surface area contributed by atoms with Gasteiger partial charge in [0, 0.05) is 22.6 Å². The van der Waals surface area contributed by atoms with Crippen molar-refractivity contribution in [3.63, 3.8) is 0 Å². The number of benzene rings is 2. The molecule has 2 N–H and O–H groups in total. The molecular formula is C27H28Cl2FNO6S. The fraction of sp³-hybridized carbons (Fsp3) is 0.444. The zero-order valence-electron chi connectivity index (χ0n) is 20.7. The summed E-state index contributed by atoms with van der Waals surface area (Å²) < 4.78 is 58.8. The van der Waals surface area contributed by atoms with E-state index in [0.717, 1.165) is 24.2 Å². The molecule has 3 aromatic rings. The van der Waals surface area contributed by atoms with Crippen molar-refractivity contribution in [3.05, 3.63) is 74.2 Å². The number of nitrogens with zero attached hydrogens (tertiary/aromatic N) is 1. The van der Waals surface area contributed by atoms with Gasteiger partial charge in [0.15, 0.2) is 0 Å². The number of rotatable bonds is 8. The van der Waals surface area contributed by atoms with Crippen molar-refractivity contribution < 1.29 is 31.7 Å². The Morgan fingerprint density at radius 3 is 2.39 bits per heavy atom. The van der Waals surface area contributed by atoms with Gasteiger partial charge in [-0.2, -0.15) is 8.42 Å². The van der Waals surface area contributed by atoms with E-state index < -0.39 is 27.3 Å². The molecule has 5 rings (SSSR count).